The molecule has 0 aromatic heterocycles. The third kappa shape index (κ3) is 1.53. The lowest BCUT2D eigenvalue weighted by Gasteiger charge is -2.43. The Labute approximate surface area is 66.7 Å². The molecule has 3 nitrogen and oxygen atoms in total. The van der Waals surface area contributed by atoms with Crippen molar-refractivity contribution in [1.82, 2.24) is 0 Å². The van der Waals surface area contributed by atoms with Gasteiger partial charge in [-0.1, -0.05) is 13.8 Å². The first-order valence-corrected chi connectivity index (χ1v) is 3.84. The van der Waals surface area contributed by atoms with E-state index in [1.807, 2.05) is 13.8 Å². The van der Waals surface area contributed by atoms with Crippen LogP contribution in [0.1, 0.15) is 20.8 Å². The lowest BCUT2D eigenvalue weighted by atomic mass is 9.88. The third-order valence-corrected chi connectivity index (χ3v) is 2.09. The van der Waals surface area contributed by atoms with Crippen molar-refractivity contribution in [3.63, 3.8) is 0 Å². The van der Waals surface area contributed by atoms with Crippen molar-refractivity contribution in [2.75, 3.05) is 13.2 Å². The van der Waals surface area contributed by atoms with Gasteiger partial charge in [0.15, 0.2) is 5.60 Å². The molecule has 0 spiro atoms. The topological polar surface area (TPSA) is 35.5 Å². The number of hydrogen-bond acceptors (Lipinski definition) is 3. The van der Waals surface area contributed by atoms with E-state index in [0.717, 1.165) is 0 Å². The minimum atomic E-state index is -0.328. The van der Waals surface area contributed by atoms with Crippen LogP contribution in [0.15, 0.2) is 0 Å². The maximum atomic E-state index is 10.7. The molecule has 1 fully saturated rings. The summed E-state index contributed by atoms with van der Waals surface area (Å²) in [5, 5.41) is 0. The first kappa shape index (κ1) is 8.53. The minimum Gasteiger partial charge on any atom is -0.454 e. The number of ether oxygens (including phenoxy) is 2. The molecule has 1 aliphatic heterocycles. The van der Waals surface area contributed by atoms with E-state index in [9.17, 15) is 4.79 Å². The third-order valence-electron chi connectivity index (χ3n) is 2.09. The Morgan fingerprint density at radius 2 is 2.09 bits per heavy atom. The fourth-order valence-electron chi connectivity index (χ4n) is 1.10. The van der Waals surface area contributed by atoms with Gasteiger partial charge in [-0.05, 0) is 5.92 Å². The number of rotatable bonds is 2. The Kier molecular flexibility index (Phi) is 2.18. The second-order valence-corrected chi connectivity index (χ2v) is 3.31. The zero-order valence-electron chi connectivity index (χ0n) is 7.22. The summed E-state index contributed by atoms with van der Waals surface area (Å²) in [6.07, 6.45) is 0. The fraction of sp³-hybridized carbons (Fsp3) is 0.875. The summed E-state index contributed by atoms with van der Waals surface area (Å²) in [6, 6.07) is 0. The SMILES string of the molecule is CC(=O)OC1(C(C)C)COC1. The van der Waals surface area contributed by atoms with Crippen molar-refractivity contribution in [3.8, 4) is 0 Å². The lowest BCUT2D eigenvalue weighted by molar-refractivity contribution is -0.226. The number of hydrogen-bond donors (Lipinski definition) is 0. The number of carbonyl (C=O) groups is 1. The summed E-state index contributed by atoms with van der Waals surface area (Å²) in [5.74, 6) is 0.113. The molecule has 0 radical (unpaired) electrons. The Morgan fingerprint density at radius 1 is 1.55 bits per heavy atom. The average molecular weight is 158 g/mol. The smallest absolute Gasteiger partial charge is 0.303 e. The summed E-state index contributed by atoms with van der Waals surface area (Å²) < 4.78 is 10.2. The molecule has 3 heteroatoms. The van der Waals surface area contributed by atoms with E-state index in [0.29, 0.717) is 19.1 Å². The predicted octanol–water partition coefficient (Wildman–Crippen LogP) is 0.974. The molecule has 0 saturated carbocycles. The molecule has 0 unspecified atom stereocenters. The molecule has 11 heavy (non-hydrogen) atoms. The highest BCUT2D eigenvalue weighted by molar-refractivity contribution is 5.66. The van der Waals surface area contributed by atoms with Crippen LogP contribution in [0.4, 0.5) is 0 Å². The van der Waals surface area contributed by atoms with E-state index in [1.54, 1.807) is 0 Å². The van der Waals surface area contributed by atoms with Gasteiger partial charge in [0.2, 0.25) is 0 Å². The zero-order chi connectivity index (χ0) is 8.48. The van der Waals surface area contributed by atoms with E-state index >= 15 is 0 Å². The second-order valence-electron chi connectivity index (χ2n) is 3.31. The predicted molar refractivity (Wildman–Crippen MR) is 40.2 cm³/mol. The van der Waals surface area contributed by atoms with Gasteiger partial charge in [-0.15, -0.1) is 0 Å². The first-order valence-electron chi connectivity index (χ1n) is 3.84. The Bertz CT molecular complexity index is 159. The van der Waals surface area contributed by atoms with Gasteiger partial charge in [-0.25, -0.2) is 0 Å². The molecule has 0 aliphatic carbocycles. The Morgan fingerprint density at radius 3 is 2.18 bits per heavy atom. The summed E-state index contributed by atoms with van der Waals surface area (Å²) in [7, 11) is 0. The highest BCUT2D eigenvalue weighted by Crippen LogP contribution is 2.30. The van der Waals surface area contributed by atoms with E-state index in [2.05, 4.69) is 0 Å². The van der Waals surface area contributed by atoms with Gasteiger partial charge < -0.3 is 9.47 Å². The van der Waals surface area contributed by atoms with Gasteiger partial charge in [-0.2, -0.15) is 0 Å². The van der Waals surface area contributed by atoms with Crippen LogP contribution in [0.5, 0.6) is 0 Å². The van der Waals surface area contributed by atoms with E-state index in [4.69, 9.17) is 9.47 Å². The van der Waals surface area contributed by atoms with Gasteiger partial charge in [-0.3, -0.25) is 4.79 Å². The standard InChI is InChI=1S/C8H14O3/c1-6(2)8(4-10-5-8)11-7(3)9/h6H,4-5H2,1-3H3. The quantitative estimate of drug-likeness (QED) is 0.562. The molecule has 0 bridgehead atoms. The van der Waals surface area contributed by atoms with Crippen LogP contribution < -0.4 is 0 Å². The largest absolute Gasteiger partial charge is 0.454 e. The summed E-state index contributed by atoms with van der Waals surface area (Å²) in [6.45, 7) is 6.59. The van der Waals surface area contributed by atoms with Crippen LogP contribution in [0.2, 0.25) is 0 Å². The van der Waals surface area contributed by atoms with Crippen molar-refractivity contribution in [2.24, 2.45) is 5.92 Å². The highest BCUT2D eigenvalue weighted by Gasteiger charge is 2.44. The van der Waals surface area contributed by atoms with Gasteiger partial charge in [0.25, 0.3) is 0 Å². The molecule has 0 atom stereocenters. The molecule has 1 rings (SSSR count). The van der Waals surface area contributed by atoms with Crippen molar-refractivity contribution in [2.45, 2.75) is 26.4 Å². The van der Waals surface area contributed by atoms with E-state index in [-0.39, 0.29) is 11.6 Å². The second kappa shape index (κ2) is 2.81. The van der Waals surface area contributed by atoms with Gasteiger partial charge in [0, 0.05) is 6.92 Å². The first-order chi connectivity index (χ1) is 5.07. The molecule has 64 valence electrons. The van der Waals surface area contributed by atoms with Crippen molar-refractivity contribution >= 4 is 5.97 Å². The summed E-state index contributed by atoms with van der Waals surface area (Å²) >= 11 is 0. The van der Waals surface area contributed by atoms with Gasteiger partial charge in [0.05, 0.1) is 13.2 Å². The Hall–Kier alpha value is -0.570. The Balaban J connectivity index is 2.53. The molecular formula is C8H14O3. The van der Waals surface area contributed by atoms with Crippen molar-refractivity contribution in [1.29, 1.82) is 0 Å². The monoisotopic (exact) mass is 158 g/mol. The van der Waals surface area contributed by atoms with Crippen LogP contribution in [0, 0.1) is 5.92 Å². The van der Waals surface area contributed by atoms with E-state index in [1.165, 1.54) is 6.92 Å². The highest BCUT2D eigenvalue weighted by atomic mass is 16.6. The van der Waals surface area contributed by atoms with Crippen LogP contribution in [0.3, 0.4) is 0 Å². The number of esters is 1. The van der Waals surface area contributed by atoms with E-state index < -0.39 is 0 Å². The van der Waals surface area contributed by atoms with Crippen LogP contribution in [0.25, 0.3) is 0 Å². The van der Waals surface area contributed by atoms with Gasteiger partial charge >= 0.3 is 5.97 Å². The maximum absolute atomic E-state index is 10.7. The number of carbonyl (C=O) groups excluding carboxylic acids is 1. The molecule has 0 aromatic carbocycles. The van der Waals surface area contributed by atoms with Crippen molar-refractivity contribution < 1.29 is 14.3 Å². The normalized spacial score (nSPS) is 21.1. The molecule has 1 aliphatic rings. The summed E-state index contributed by atoms with van der Waals surface area (Å²) in [5.41, 5.74) is -0.328. The molecule has 1 saturated heterocycles. The fourth-order valence-corrected chi connectivity index (χ4v) is 1.10. The molecule has 0 N–H and O–H groups in total. The molecule has 0 aromatic rings. The van der Waals surface area contributed by atoms with Crippen LogP contribution in [-0.2, 0) is 14.3 Å². The van der Waals surface area contributed by atoms with Crippen LogP contribution in [-0.4, -0.2) is 24.8 Å². The minimum absolute atomic E-state index is 0.220. The average Bonchev–Trinajstić information content (AvgIpc) is 1.77. The van der Waals surface area contributed by atoms with Crippen molar-refractivity contribution in [3.05, 3.63) is 0 Å². The van der Waals surface area contributed by atoms with Crippen LogP contribution >= 0.6 is 0 Å². The lowest BCUT2D eigenvalue weighted by Crippen LogP contribution is -2.56. The maximum Gasteiger partial charge on any atom is 0.303 e. The molecule has 0 amide bonds. The zero-order valence-corrected chi connectivity index (χ0v) is 7.22. The van der Waals surface area contributed by atoms with Gasteiger partial charge in [0.1, 0.15) is 0 Å². The molecule has 1 heterocycles. The summed E-state index contributed by atoms with van der Waals surface area (Å²) in [4.78, 5) is 10.7. The molecular weight excluding hydrogens is 144 g/mol.